The lowest BCUT2D eigenvalue weighted by Crippen LogP contribution is -2.37. The lowest BCUT2D eigenvalue weighted by Gasteiger charge is -2.17. The van der Waals surface area contributed by atoms with Crippen molar-refractivity contribution >= 4 is 11.6 Å². The molecule has 1 rings (SSSR count). The van der Waals surface area contributed by atoms with Crippen molar-refractivity contribution in [2.45, 2.75) is 39.7 Å². The van der Waals surface area contributed by atoms with Crippen LogP contribution in [0, 0.1) is 6.92 Å². The largest absolute Gasteiger partial charge is 0.384 e. The van der Waals surface area contributed by atoms with Crippen LogP contribution >= 0.6 is 0 Å². The van der Waals surface area contributed by atoms with Crippen LogP contribution in [0.15, 0.2) is 12.3 Å². The smallest absolute Gasteiger partial charge is 0.255 e. The van der Waals surface area contributed by atoms with Crippen molar-refractivity contribution in [1.29, 1.82) is 0 Å². The Morgan fingerprint density at radius 2 is 2.20 bits per heavy atom. The minimum Gasteiger partial charge on any atom is -0.384 e. The zero-order valence-electron chi connectivity index (χ0n) is 12.8. The number of rotatable bonds is 8. The van der Waals surface area contributed by atoms with E-state index in [1.165, 1.54) is 0 Å². The molecule has 0 fully saturated rings. The zero-order chi connectivity index (χ0) is 15.0. The summed E-state index contributed by atoms with van der Waals surface area (Å²) >= 11 is 0. The highest BCUT2D eigenvalue weighted by Crippen LogP contribution is 2.16. The lowest BCUT2D eigenvalue weighted by atomic mass is 10.1. The summed E-state index contributed by atoms with van der Waals surface area (Å²) in [6, 6.07) is 1.93. The van der Waals surface area contributed by atoms with Gasteiger partial charge in [0.1, 0.15) is 0 Å². The Labute approximate surface area is 121 Å². The standard InChI is InChI=1S/C15H25N3O2/c1-5-7-16-14-8-11(3)17-9-13(14)15(19)18-12(6-2)10-20-4/h8-9,12H,5-7,10H2,1-4H3,(H,16,17)(H,18,19). The van der Waals surface area contributed by atoms with E-state index in [0.29, 0.717) is 12.2 Å². The first kappa shape index (κ1) is 16.4. The summed E-state index contributed by atoms with van der Waals surface area (Å²) in [6.07, 6.45) is 3.46. The highest BCUT2D eigenvalue weighted by atomic mass is 16.5. The van der Waals surface area contributed by atoms with Crippen molar-refractivity contribution in [1.82, 2.24) is 10.3 Å². The van der Waals surface area contributed by atoms with E-state index in [2.05, 4.69) is 22.5 Å². The number of hydrogen-bond acceptors (Lipinski definition) is 4. The number of anilines is 1. The van der Waals surface area contributed by atoms with E-state index in [1.54, 1.807) is 13.3 Å². The van der Waals surface area contributed by atoms with Crippen molar-refractivity contribution in [3.8, 4) is 0 Å². The summed E-state index contributed by atoms with van der Waals surface area (Å²) in [5, 5.41) is 6.25. The van der Waals surface area contributed by atoms with E-state index in [4.69, 9.17) is 4.74 Å². The van der Waals surface area contributed by atoms with Gasteiger partial charge in [-0.25, -0.2) is 0 Å². The van der Waals surface area contributed by atoms with Crippen LogP contribution in [-0.4, -0.2) is 37.2 Å². The SMILES string of the molecule is CCCNc1cc(C)ncc1C(=O)NC(CC)COC. The maximum atomic E-state index is 12.3. The molecule has 5 nitrogen and oxygen atoms in total. The lowest BCUT2D eigenvalue weighted by molar-refractivity contribution is 0.0895. The van der Waals surface area contributed by atoms with Gasteiger partial charge in [-0.1, -0.05) is 13.8 Å². The van der Waals surface area contributed by atoms with E-state index < -0.39 is 0 Å². The van der Waals surface area contributed by atoms with E-state index in [9.17, 15) is 4.79 Å². The first-order valence-electron chi connectivity index (χ1n) is 7.12. The molecule has 5 heteroatoms. The Hall–Kier alpha value is -1.62. The van der Waals surface area contributed by atoms with Crippen LogP contribution < -0.4 is 10.6 Å². The maximum Gasteiger partial charge on any atom is 0.255 e. The summed E-state index contributed by atoms with van der Waals surface area (Å²) in [4.78, 5) is 16.6. The average molecular weight is 279 g/mol. The number of methoxy groups -OCH3 is 1. The number of pyridine rings is 1. The van der Waals surface area contributed by atoms with Gasteiger partial charge < -0.3 is 15.4 Å². The van der Waals surface area contributed by atoms with Crippen molar-refractivity contribution in [2.75, 3.05) is 25.6 Å². The van der Waals surface area contributed by atoms with Crippen molar-refractivity contribution < 1.29 is 9.53 Å². The van der Waals surface area contributed by atoms with Crippen LogP contribution in [0.5, 0.6) is 0 Å². The second-order valence-electron chi connectivity index (χ2n) is 4.83. The Kier molecular flexibility index (Phi) is 7.01. The number of amides is 1. The molecule has 0 saturated carbocycles. The molecule has 0 saturated heterocycles. The second kappa shape index (κ2) is 8.53. The highest BCUT2D eigenvalue weighted by molar-refractivity contribution is 5.99. The van der Waals surface area contributed by atoms with Gasteiger partial charge in [-0.05, 0) is 25.8 Å². The van der Waals surface area contributed by atoms with E-state index in [0.717, 1.165) is 30.8 Å². The summed E-state index contributed by atoms with van der Waals surface area (Å²) in [5.41, 5.74) is 2.31. The van der Waals surface area contributed by atoms with Gasteiger partial charge in [0, 0.05) is 25.5 Å². The minimum absolute atomic E-state index is 0.0211. The van der Waals surface area contributed by atoms with Gasteiger partial charge in [-0.3, -0.25) is 9.78 Å². The van der Waals surface area contributed by atoms with Gasteiger partial charge in [0.15, 0.2) is 0 Å². The molecule has 0 aliphatic rings. The summed E-state index contributed by atoms with van der Waals surface area (Å²) in [6.45, 7) is 7.37. The van der Waals surface area contributed by atoms with Crippen molar-refractivity contribution in [3.05, 3.63) is 23.5 Å². The first-order valence-corrected chi connectivity index (χ1v) is 7.12. The monoisotopic (exact) mass is 279 g/mol. The maximum absolute atomic E-state index is 12.3. The molecule has 0 aliphatic carbocycles. The first-order chi connectivity index (χ1) is 9.62. The fourth-order valence-corrected chi connectivity index (χ4v) is 1.87. The van der Waals surface area contributed by atoms with Gasteiger partial charge in [-0.2, -0.15) is 0 Å². The summed E-state index contributed by atoms with van der Waals surface area (Å²) in [7, 11) is 1.64. The van der Waals surface area contributed by atoms with Crippen molar-refractivity contribution in [2.24, 2.45) is 0 Å². The highest BCUT2D eigenvalue weighted by Gasteiger charge is 2.16. The van der Waals surface area contributed by atoms with Crippen LogP contribution in [0.1, 0.15) is 42.7 Å². The topological polar surface area (TPSA) is 63.2 Å². The molecule has 0 spiro atoms. The zero-order valence-corrected chi connectivity index (χ0v) is 12.8. The Morgan fingerprint density at radius 1 is 1.45 bits per heavy atom. The molecule has 0 bridgehead atoms. The fourth-order valence-electron chi connectivity index (χ4n) is 1.87. The summed E-state index contributed by atoms with van der Waals surface area (Å²) in [5.74, 6) is -0.111. The van der Waals surface area contributed by atoms with Crippen LogP contribution in [0.3, 0.4) is 0 Å². The third-order valence-corrected chi connectivity index (χ3v) is 3.05. The molecule has 1 aromatic heterocycles. The van der Waals surface area contributed by atoms with E-state index in [1.807, 2.05) is 19.9 Å². The molecule has 20 heavy (non-hydrogen) atoms. The number of ether oxygens (including phenoxy) is 1. The van der Waals surface area contributed by atoms with Gasteiger partial charge in [-0.15, -0.1) is 0 Å². The Balaban J connectivity index is 2.85. The van der Waals surface area contributed by atoms with Gasteiger partial charge in [0.2, 0.25) is 0 Å². The molecular formula is C15H25N3O2. The molecule has 2 N–H and O–H groups in total. The van der Waals surface area contributed by atoms with Crippen LogP contribution in [0.25, 0.3) is 0 Å². The molecule has 1 atom stereocenters. The number of carbonyl (C=O) groups excluding carboxylic acids is 1. The third kappa shape index (κ3) is 4.81. The van der Waals surface area contributed by atoms with E-state index >= 15 is 0 Å². The van der Waals surface area contributed by atoms with Crippen LogP contribution in [0.2, 0.25) is 0 Å². The molecule has 0 aliphatic heterocycles. The van der Waals surface area contributed by atoms with Crippen LogP contribution in [-0.2, 0) is 4.74 Å². The second-order valence-corrected chi connectivity index (χ2v) is 4.83. The normalized spacial score (nSPS) is 12.0. The minimum atomic E-state index is -0.111. The number of nitrogens with zero attached hydrogens (tertiary/aromatic N) is 1. The van der Waals surface area contributed by atoms with Gasteiger partial charge >= 0.3 is 0 Å². The van der Waals surface area contributed by atoms with Gasteiger partial charge in [0.25, 0.3) is 5.91 Å². The number of nitrogens with one attached hydrogen (secondary N) is 2. The number of hydrogen-bond donors (Lipinski definition) is 2. The van der Waals surface area contributed by atoms with Crippen LogP contribution in [0.4, 0.5) is 5.69 Å². The Morgan fingerprint density at radius 3 is 2.80 bits per heavy atom. The average Bonchev–Trinajstić information content (AvgIpc) is 2.44. The fraction of sp³-hybridized carbons (Fsp3) is 0.600. The molecule has 0 radical (unpaired) electrons. The van der Waals surface area contributed by atoms with Crippen molar-refractivity contribution in [3.63, 3.8) is 0 Å². The molecule has 112 valence electrons. The van der Waals surface area contributed by atoms with Gasteiger partial charge in [0.05, 0.1) is 23.9 Å². The number of carbonyl (C=O) groups is 1. The van der Waals surface area contributed by atoms with E-state index in [-0.39, 0.29) is 11.9 Å². The Bertz CT molecular complexity index is 435. The molecule has 1 heterocycles. The molecule has 1 unspecified atom stereocenters. The molecule has 1 amide bonds. The summed E-state index contributed by atoms with van der Waals surface area (Å²) < 4.78 is 5.10. The molecule has 1 aromatic rings. The number of aryl methyl sites for hydroxylation is 1. The quantitative estimate of drug-likeness (QED) is 0.767. The predicted octanol–water partition coefficient (Wildman–Crippen LogP) is 2.37. The predicted molar refractivity (Wildman–Crippen MR) is 81.2 cm³/mol. The number of aromatic nitrogens is 1. The molecule has 0 aromatic carbocycles. The third-order valence-electron chi connectivity index (χ3n) is 3.05. The molecular weight excluding hydrogens is 254 g/mol.